The van der Waals surface area contributed by atoms with Crippen molar-refractivity contribution in [1.29, 1.82) is 0 Å². The predicted molar refractivity (Wildman–Crippen MR) is 95.1 cm³/mol. The highest BCUT2D eigenvalue weighted by atomic mass is 16.6. The second-order valence-corrected chi connectivity index (χ2v) is 6.90. The summed E-state index contributed by atoms with van der Waals surface area (Å²) in [5.41, 5.74) is 1.23. The van der Waals surface area contributed by atoms with Crippen molar-refractivity contribution < 1.29 is 4.92 Å². The first-order valence-electron chi connectivity index (χ1n) is 9.08. The summed E-state index contributed by atoms with van der Waals surface area (Å²) in [6.45, 7) is 11.2. The van der Waals surface area contributed by atoms with Gasteiger partial charge in [0.25, 0.3) is 5.69 Å². The molecule has 0 radical (unpaired) electrons. The largest absolute Gasteiger partial charge is 0.301 e. The van der Waals surface area contributed by atoms with Crippen molar-refractivity contribution in [2.45, 2.75) is 32.4 Å². The lowest BCUT2D eigenvalue weighted by Crippen LogP contribution is -2.52. The molecule has 0 amide bonds. The highest BCUT2D eigenvalue weighted by Gasteiger charge is 2.27. The Balaban J connectivity index is 1.47. The molecule has 6 heteroatoms. The molecule has 0 bridgehead atoms. The van der Waals surface area contributed by atoms with Crippen LogP contribution in [0.1, 0.15) is 25.3 Å². The van der Waals surface area contributed by atoms with E-state index in [0.29, 0.717) is 6.04 Å². The predicted octanol–water partition coefficient (Wildman–Crippen LogP) is 2.20. The van der Waals surface area contributed by atoms with E-state index in [9.17, 15) is 10.1 Å². The van der Waals surface area contributed by atoms with E-state index in [4.69, 9.17) is 0 Å². The van der Waals surface area contributed by atoms with Crippen LogP contribution in [-0.4, -0.2) is 71.5 Å². The van der Waals surface area contributed by atoms with Gasteiger partial charge in [0.1, 0.15) is 0 Å². The molecular weight excluding hydrogens is 304 g/mol. The molecule has 6 nitrogen and oxygen atoms in total. The van der Waals surface area contributed by atoms with Crippen LogP contribution in [0.2, 0.25) is 0 Å². The van der Waals surface area contributed by atoms with E-state index < -0.39 is 0 Å². The molecule has 0 atom stereocenters. The monoisotopic (exact) mass is 332 g/mol. The summed E-state index contributed by atoms with van der Waals surface area (Å²) >= 11 is 0. The van der Waals surface area contributed by atoms with Gasteiger partial charge in [-0.1, -0.05) is 19.1 Å². The molecule has 2 heterocycles. The summed E-state index contributed by atoms with van der Waals surface area (Å²) in [6.07, 6.45) is 2.42. The Morgan fingerprint density at radius 3 is 2.42 bits per heavy atom. The van der Waals surface area contributed by atoms with Crippen LogP contribution in [0.3, 0.4) is 0 Å². The number of piperazine rings is 1. The normalized spacial score (nSPS) is 21.9. The van der Waals surface area contributed by atoms with Crippen molar-refractivity contribution >= 4 is 5.69 Å². The summed E-state index contributed by atoms with van der Waals surface area (Å²) in [4.78, 5) is 18.2. The van der Waals surface area contributed by atoms with Gasteiger partial charge in [0.2, 0.25) is 0 Å². The number of hydrogen-bond acceptors (Lipinski definition) is 5. The third-order valence-corrected chi connectivity index (χ3v) is 5.46. The van der Waals surface area contributed by atoms with Gasteiger partial charge in [-0.2, -0.15) is 0 Å². The molecule has 132 valence electrons. The minimum Gasteiger partial charge on any atom is -0.301 e. The van der Waals surface area contributed by atoms with Gasteiger partial charge < -0.3 is 4.90 Å². The van der Waals surface area contributed by atoms with Gasteiger partial charge in [0.05, 0.1) is 4.92 Å². The molecule has 1 aromatic rings. The number of hydrogen-bond donors (Lipinski definition) is 0. The fraction of sp³-hybridized carbons (Fsp3) is 0.667. The second kappa shape index (κ2) is 8.05. The van der Waals surface area contributed by atoms with Gasteiger partial charge in [0.15, 0.2) is 0 Å². The van der Waals surface area contributed by atoms with Crippen molar-refractivity contribution in [3.63, 3.8) is 0 Å². The first-order valence-corrected chi connectivity index (χ1v) is 9.08. The summed E-state index contributed by atoms with van der Waals surface area (Å²) in [5, 5.41) is 10.9. The number of nitro groups is 1. The van der Waals surface area contributed by atoms with Crippen LogP contribution in [-0.2, 0) is 6.54 Å². The summed E-state index contributed by atoms with van der Waals surface area (Å²) in [5.74, 6) is 0. The van der Waals surface area contributed by atoms with E-state index in [0.717, 1.165) is 31.7 Å². The summed E-state index contributed by atoms with van der Waals surface area (Å²) in [7, 11) is 0. The Hall–Kier alpha value is -1.50. The van der Waals surface area contributed by atoms with Crippen molar-refractivity contribution in [2.75, 3.05) is 45.8 Å². The van der Waals surface area contributed by atoms with Crippen LogP contribution in [0, 0.1) is 10.1 Å². The Morgan fingerprint density at radius 2 is 1.79 bits per heavy atom. The lowest BCUT2D eigenvalue weighted by Gasteiger charge is -2.42. The number of likely N-dealkylation sites (tertiary alicyclic amines) is 1. The maximum Gasteiger partial charge on any atom is 0.269 e. The molecule has 3 rings (SSSR count). The second-order valence-electron chi connectivity index (χ2n) is 6.90. The van der Waals surface area contributed by atoms with Crippen LogP contribution in [0.15, 0.2) is 24.3 Å². The standard InChI is InChI=1S/C18H28N4O2/c1-2-19-10-12-21(13-11-19)17-6-8-20(9-7-17)15-16-4-3-5-18(14-16)22(23)24/h3-5,14,17H,2,6-13,15H2,1H3. The number of non-ortho nitro benzene ring substituents is 1. The zero-order chi connectivity index (χ0) is 16.9. The molecule has 0 spiro atoms. The third-order valence-electron chi connectivity index (χ3n) is 5.46. The Morgan fingerprint density at radius 1 is 1.08 bits per heavy atom. The number of nitrogens with zero attached hydrogens (tertiary/aromatic N) is 4. The van der Waals surface area contributed by atoms with Gasteiger partial charge in [0, 0.05) is 50.9 Å². The molecule has 2 saturated heterocycles. The Labute approximate surface area is 144 Å². The number of benzene rings is 1. The SMILES string of the molecule is CCN1CCN(C2CCN(Cc3cccc([N+](=O)[O-])c3)CC2)CC1. The minimum absolute atomic E-state index is 0.191. The Bertz CT molecular complexity index is 550. The van der Waals surface area contributed by atoms with Crippen molar-refractivity contribution in [1.82, 2.24) is 14.7 Å². The number of rotatable bonds is 5. The number of piperidine rings is 1. The van der Waals surface area contributed by atoms with Gasteiger partial charge in [-0.25, -0.2) is 0 Å². The Kier molecular flexibility index (Phi) is 5.81. The molecule has 0 aliphatic carbocycles. The maximum absolute atomic E-state index is 10.9. The first kappa shape index (κ1) is 17.3. The van der Waals surface area contributed by atoms with E-state index in [2.05, 4.69) is 21.6 Å². The molecule has 0 aromatic heterocycles. The highest BCUT2D eigenvalue weighted by Crippen LogP contribution is 2.21. The van der Waals surface area contributed by atoms with Crippen LogP contribution < -0.4 is 0 Å². The van der Waals surface area contributed by atoms with Gasteiger partial charge in [-0.3, -0.25) is 19.9 Å². The van der Waals surface area contributed by atoms with E-state index in [1.54, 1.807) is 18.2 Å². The van der Waals surface area contributed by atoms with Gasteiger partial charge in [-0.15, -0.1) is 0 Å². The lowest BCUT2D eigenvalue weighted by atomic mass is 10.0. The van der Waals surface area contributed by atoms with Crippen molar-refractivity contribution in [3.8, 4) is 0 Å². The van der Waals surface area contributed by atoms with Crippen molar-refractivity contribution in [3.05, 3.63) is 39.9 Å². The molecule has 2 fully saturated rings. The first-order chi connectivity index (χ1) is 11.7. The zero-order valence-electron chi connectivity index (χ0n) is 14.6. The zero-order valence-corrected chi connectivity index (χ0v) is 14.6. The van der Waals surface area contributed by atoms with E-state index in [1.807, 2.05) is 6.07 Å². The quantitative estimate of drug-likeness (QED) is 0.611. The average Bonchev–Trinajstić information content (AvgIpc) is 2.63. The minimum atomic E-state index is -0.314. The summed E-state index contributed by atoms with van der Waals surface area (Å²) in [6, 6.07) is 7.75. The number of likely N-dealkylation sites (N-methyl/N-ethyl adjacent to an activating group) is 1. The molecule has 0 saturated carbocycles. The van der Waals surface area contributed by atoms with Crippen LogP contribution in [0.25, 0.3) is 0 Å². The van der Waals surface area contributed by atoms with Crippen LogP contribution in [0.4, 0.5) is 5.69 Å². The smallest absolute Gasteiger partial charge is 0.269 e. The fourth-order valence-corrected chi connectivity index (χ4v) is 3.91. The molecule has 0 N–H and O–H groups in total. The molecular formula is C18H28N4O2. The fourth-order valence-electron chi connectivity index (χ4n) is 3.91. The van der Waals surface area contributed by atoms with E-state index >= 15 is 0 Å². The van der Waals surface area contributed by atoms with Crippen LogP contribution in [0.5, 0.6) is 0 Å². The number of nitro benzene ring substituents is 1. The van der Waals surface area contributed by atoms with Gasteiger partial charge in [-0.05, 0) is 38.0 Å². The topological polar surface area (TPSA) is 52.9 Å². The van der Waals surface area contributed by atoms with E-state index in [-0.39, 0.29) is 10.6 Å². The third kappa shape index (κ3) is 4.32. The van der Waals surface area contributed by atoms with E-state index in [1.165, 1.54) is 39.0 Å². The lowest BCUT2D eigenvalue weighted by molar-refractivity contribution is -0.384. The highest BCUT2D eigenvalue weighted by molar-refractivity contribution is 5.34. The molecule has 2 aliphatic heterocycles. The van der Waals surface area contributed by atoms with Gasteiger partial charge >= 0.3 is 0 Å². The molecule has 24 heavy (non-hydrogen) atoms. The molecule has 1 aromatic carbocycles. The maximum atomic E-state index is 10.9. The molecule has 2 aliphatic rings. The molecule has 0 unspecified atom stereocenters. The average molecular weight is 332 g/mol. The summed E-state index contributed by atoms with van der Waals surface area (Å²) < 4.78 is 0. The van der Waals surface area contributed by atoms with Crippen LogP contribution >= 0.6 is 0 Å². The van der Waals surface area contributed by atoms with Crippen molar-refractivity contribution in [2.24, 2.45) is 0 Å².